The third-order valence-corrected chi connectivity index (χ3v) is 4.02. The van der Waals surface area contributed by atoms with Gasteiger partial charge in [0.2, 0.25) is 5.95 Å². The van der Waals surface area contributed by atoms with E-state index < -0.39 is 0 Å². The number of carbonyl (C=O) groups is 1. The molecule has 3 rings (SSSR count). The van der Waals surface area contributed by atoms with E-state index in [2.05, 4.69) is 14.9 Å². The molecule has 0 saturated carbocycles. The Morgan fingerprint density at radius 3 is 2.79 bits per heavy atom. The molecule has 1 fully saturated rings. The molecule has 5 heteroatoms. The number of nitrogens with zero attached hydrogens (tertiary/aromatic N) is 3. The molecule has 0 spiro atoms. The topological polar surface area (TPSA) is 55.3 Å². The molecule has 0 bridgehead atoms. The van der Waals surface area contributed by atoms with Crippen molar-refractivity contribution in [2.45, 2.75) is 12.8 Å². The highest BCUT2D eigenvalue weighted by molar-refractivity contribution is 5.73. The van der Waals surface area contributed by atoms with E-state index in [0.29, 0.717) is 19.1 Å². The first kappa shape index (κ1) is 16.2. The molecule has 1 aromatic heterocycles. The highest BCUT2D eigenvalue weighted by Crippen LogP contribution is 2.21. The maximum Gasteiger partial charge on any atom is 0.311 e. The van der Waals surface area contributed by atoms with E-state index in [1.807, 2.05) is 42.5 Å². The van der Waals surface area contributed by atoms with Crippen molar-refractivity contribution in [1.82, 2.24) is 9.97 Å². The summed E-state index contributed by atoms with van der Waals surface area (Å²) in [5.41, 5.74) is 1.10. The fourth-order valence-corrected chi connectivity index (χ4v) is 2.80. The largest absolute Gasteiger partial charge is 0.461 e. The molecule has 1 atom stereocenters. The second-order valence-corrected chi connectivity index (χ2v) is 5.78. The van der Waals surface area contributed by atoms with Crippen molar-refractivity contribution in [3.63, 3.8) is 0 Å². The van der Waals surface area contributed by atoms with Crippen molar-refractivity contribution >= 4 is 18.0 Å². The molecule has 0 amide bonds. The van der Waals surface area contributed by atoms with Gasteiger partial charge in [0.1, 0.15) is 6.61 Å². The highest BCUT2D eigenvalue weighted by atomic mass is 16.5. The van der Waals surface area contributed by atoms with E-state index in [1.165, 1.54) is 0 Å². The van der Waals surface area contributed by atoms with E-state index in [-0.39, 0.29) is 11.9 Å². The van der Waals surface area contributed by atoms with Gasteiger partial charge in [-0.05, 0) is 30.5 Å². The number of hydrogen-bond donors (Lipinski definition) is 0. The van der Waals surface area contributed by atoms with Gasteiger partial charge in [-0.3, -0.25) is 4.79 Å². The number of esters is 1. The number of piperidine rings is 1. The molecule has 124 valence electrons. The summed E-state index contributed by atoms with van der Waals surface area (Å²) in [4.78, 5) is 22.8. The predicted octanol–water partition coefficient (Wildman–Crippen LogP) is 2.95. The van der Waals surface area contributed by atoms with Crippen LogP contribution in [-0.4, -0.2) is 35.6 Å². The summed E-state index contributed by atoms with van der Waals surface area (Å²) in [6.45, 7) is 1.79. The summed E-state index contributed by atoms with van der Waals surface area (Å²) in [5, 5.41) is 0. The third kappa shape index (κ3) is 4.41. The Labute approximate surface area is 142 Å². The quantitative estimate of drug-likeness (QED) is 0.792. The minimum absolute atomic E-state index is 0.118. The van der Waals surface area contributed by atoms with Gasteiger partial charge in [-0.1, -0.05) is 36.4 Å². The van der Waals surface area contributed by atoms with Gasteiger partial charge in [-0.2, -0.15) is 0 Å². The number of anilines is 1. The first-order chi connectivity index (χ1) is 11.8. The van der Waals surface area contributed by atoms with Gasteiger partial charge in [0.25, 0.3) is 0 Å². The van der Waals surface area contributed by atoms with Gasteiger partial charge in [-0.25, -0.2) is 9.97 Å². The average Bonchev–Trinajstić information content (AvgIpc) is 2.67. The van der Waals surface area contributed by atoms with Gasteiger partial charge in [-0.15, -0.1) is 0 Å². The smallest absolute Gasteiger partial charge is 0.311 e. The molecule has 1 aliphatic rings. The number of carbonyl (C=O) groups excluding carboxylic acids is 1. The Kier molecular flexibility index (Phi) is 5.56. The third-order valence-electron chi connectivity index (χ3n) is 4.02. The van der Waals surface area contributed by atoms with Crippen molar-refractivity contribution in [2.75, 3.05) is 24.6 Å². The van der Waals surface area contributed by atoms with Crippen molar-refractivity contribution < 1.29 is 9.53 Å². The summed E-state index contributed by atoms with van der Waals surface area (Å²) < 4.78 is 5.39. The zero-order chi connectivity index (χ0) is 16.6. The Balaban J connectivity index is 1.49. The molecular weight excluding hydrogens is 302 g/mol. The van der Waals surface area contributed by atoms with Crippen LogP contribution in [0.15, 0.2) is 54.9 Å². The Morgan fingerprint density at radius 1 is 1.21 bits per heavy atom. The SMILES string of the molecule is O=C(OC/C=C/c1ccccc1)C1CCCN(c2ncccn2)C1. The molecule has 1 aliphatic heterocycles. The van der Waals surface area contributed by atoms with Gasteiger partial charge in [0.05, 0.1) is 5.92 Å². The van der Waals surface area contributed by atoms with E-state index in [1.54, 1.807) is 18.5 Å². The number of ether oxygens (including phenoxy) is 1. The van der Waals surface area contributed by atoms with Crippen LogP contribution < -0.4 is 4.90 Å². The number of rotatable bonds is 5. The minimum atomic E-state index is -0.145. The van der Waals surface area contributed by atoms with Crippen LogP contribution in [-0.2, 0) is 9.53 Å². The maximum atomic E-state index is 12.3. The zero-order valence-electron chi connectivity index (χ0n) is 13.5. The minimum Gasteiger partial charge on any atom is -0.461 e. The second kappa shape index (κ2) is 8.24. The normalized spacial score (nSPS) is 17.8. The lowest BCUT2D eigenvalue weighted by Crippen LogP contribution is -2.40. The predicted molar refractivity (Wildman–Crippen MR) is 93.4 cm³/mol. The zero-order valence-corrected chi connectivity index (χ0v) is 13.5. The van der Waals surface area contributed by atoms with E-state index in [4.69, 9.17) is 4.74 Å². The monoisotopic (exact) mass is 323 g/mol. The van der Waals surface area contributed by atoms with Crippen molar-refractivity contribution in [3.8, 4) is 0 Å². The maximum absolute atomic E-state index is 12.3. The van der Waals surface area contributed by atoms with Crippen LogP contribution >= 0.6 is 0 Å². The second-order valence-electron chi connectivity index (χ2n) is 5.78. The summed E-state index contributed by atoms with van der Waals surface area (Å²) in [5.74, 6) is 0.417. The van der Waals surface area contributed by atoms with Crippen LogP contribution in [0.3, 0.4) is 0 Å². The molecule has 24 heavy (non-hydrogen) atoms. The molecule has 0 N–H and O–H groups in total. The summed E-state index contributed by atoms with van der Waals surface area (Å²) in [7, 11) is 0. The van der Waals surface area contributed by atoms with Crippen molar-refractivity contribution in [3.05, 3.63) is 60.4 Å². The lowest BCUT2D eigenvalue weighted by atomic mass is 9.98. The fraction of sp³-hybridized carbons (Fsp3) is 0.316. The van der Waals surface area contributed by atoms with Crippen LogP contribution in [0.1, 0.15) is 18.4 Å². The molecular formula is C19H21N3O2. The van der Waals surface area contributed by atoms with Gasteiger partial charge < -0.3 is 9.64 Å². The number of hydrogen-bond acceptors (Lipinski definition) is 5. The Bertz CT molecular complexity index is 674. The molecule has 1 saturated heterocycles. The van der Waals surface area contributed by atoms with Gasteiger partial charge >= 0.3 is 5.97 Å². The van der Waals surface area contributed by atoms with Crippen LogP contribution in [0.25, 0.3) is 6.08 Å². The van der Waals surface area contributed by atoms with Crippen LogP contribution in [0.4, 0.5) is 5.95 Å². The Hall–Kier alpha value is -2.69. The molecule has 2 aromatic rings. The fourth-order valence-electron chi connectivity index (χ4n) is 2.80. The van der Waals surface area contributed by atoms with Crippen LogP contribution in [0, 0.1) is 5.92 Å². The summed E-state index contributed by atoms with van der Waals surface area (Å²) >= 11 is 0. The first-order valence-electron chi connectivity index (χ1n) is 8.23. The van der Waals surface area contributed by atoms with Crippen LogP contribution in [0.2, 0.25) is 0 Å². The van der Waals surface area contributed by atoms with Crippen molar-refractivity contribution in [2.24, 2.45) is 5.92 Å². The van der Waals surface area contributed by atoms with Gasteiger partial charge in [0.15, 0.2) is 0 Å². The first-order valence-corrected chi connectivity index (χ1v) is 8.23. The molecule has 0 aliphatic carbocycles. The van der Waals surface area contributed by atoms with E-state index in [9.17, 15) is 4.79 Å². The standard InChI is InChI=1S/C19H21N3O2/c23-18(24-14-5-9-16-7-2-1-3-8-16)17-10-4-13-22(15-17)19-20-11-6-12-21-19/h1-3,5-9,11-12,17H,4,10,13-15H2/b9-5+. The highest BCUT2D eigenvalue weighted by Gasteiger charge is 2.27. The molecule has 2 heterocycles. The average molecular weight is 323 g/mol. The lowest BCUT2D eigenvalue weighted by molar-refractivity contribution is -0.147. The van der Waals surface area contributed by atoms with Crippen LogP contribution in [0.5, 0.6) is 0 Å². The van der Waals surface area contributed by atoms with Gasteiger partial charge in [0, 0.05) is 25.5 Å². The van der Waals surface area contributed by atoms with Crippen molar-refractivity contribution in [1.29, 1.82) is 0 Å². The summed E-state index contributed by atoms with van der Waals surface area (Å²) in [6.07, 6.45) is 9.06. The summed E-state index contributed by atoms with van der Waals surface area (Å²) in [6, 6.07) is 11.7. The number of aromatic nitrogens is 2. The lowest BCUT2D eigenvalue weighted by Gasteiger charge is -2.31. The molecule has 1 aromatic carbocycles. The molecule has 1 unspecified atom stereocenters. The molecule has 0 radical (unpaired) electrons. The number of benzene rings is 1. The Morgan fingerprint density at radius 2 is 2.00 bits per heavy atom. The van der Waals surface area contributed by atoms with E-state index >= 15 is 0 Å². The molecule has 5 nitrogen and oxygen atoms in total. The van der Waals surface area contributed by atoms with E-state index in [0.717, 1.165) is 24.9 Å².